The number of esters is 1. The Morgan fingerprint density at radius 1 is 1.17 bits per heavy atom. The number of carbonyl (C=O) groups is 2. The standard InChI is InChI=1S/C16H20N4O4/c1-4-23-16(22)14(21)20-19-13-15(24-9-10(2)3)18-12-8-6-5-7-11(12)17-13/h5-8,10H,4,9H2,1-3H3,(H,17,19)(H,20,21). The number of fused-ring (bicyclic) bond motifs is 1. The van der Waals surface area contributed by atoms with E-state index in [4.69, 9.17) is 4.74 Å². The molecule has 0 aliphatic rings. The number of hydrogen-bond acceptors (Lipinski definition) is 7. The molecule has 0 saturated heterocycles. The first-order chi connectivity index (χ1) is 11.5. The minimum absolute atomic E-state index is 0.116. The Hall–Kier alpha value is -2.90. The van der Waals surface area contributed by atoms with Crippen LogP contribution in [0, 0.1) is 5.92 Å². The maximum Gasteiger partial charge on any atom is 0.398 e. The van der Waals surface area contributed by atoms with Gasteiger partial charge in [-0.2, -0.15) is 0 Å². The van der Waals surface area contributed by atoms with Crippen LogP contribution in [0.2, 0.25) is 0 Å². The monoisotopic (exact) mass is 332 g/mol. The van der Waals surface area contributed by atoms with Crippen molar-refractivity contribution in [3.05, 3.63) is 24.3 Å². The zero-order valence-electron chi connectivity index (χ0n) is 13.8. The summed E-state index contributed by atoms with van der Waals surface area (Å²) in [5.41, 5.74) is 6.09. The van der Waals surface area contributed by atoms with Gasteiger partial charge >= 0.3 is 11.9 Å². The minimum atomic E-state index is -0.983. The molecular formula is C16H20N4O4. The first-order valence-electron chi connectivity index (χ1n) is 7.64. The first-order valence-corrected chi connectivity index (χ1v) is 7.64. The molecule has 0 unspecified atom stereocenters. The molecule has 0 atom stereocenters. The van der Waals surface area contributed by atoms with Crippen LogP contribution in [0.3, 0.4) is 0 Å². The van der Waals surface area contributed by atoms with E-state index < -0.39 is 11.9 Å². The predicted octanol–water partition coefficient (Wildman–Crippen LogP) is 1.67. The van der Waals surface area contributed by atoms with Gasteiger partial charge < -0.3 is 9.47 Å². The molecule has 2 aromatic rings. The number of amides is 1. The van der Waals surface area contributed by atoms with Gasteiger partial charge in [-0.25, -0.2) is 14.8 Å². The van der Waals surface area contributed by atoms with Crippen LogP contribution >= 0.6 is 0 Å². The van der Waals surface area contributed by atoms with Gasteiger partial charge in [0, 0.05) is 0 Å². The van der Waals surface area contributed by atoms with Crippen LogP contribution in [-0.2, 0) is 14.3 Å². The maximum absolute atomic E-state index is 11.6. The second kappa shape index (κ2) is 8.09. The zero-order chi connectivity index (χ0) is 17.5. The normalized spacial score (nSPS) is 10.5. The Kier molecular flexibility index (Phi) is 5.89. The van der Waals surface area contributed by atoms with E-state index in [1.54, 1.807) is 13.0 Å². The Morgan fingerprint density at radius 3 is 2.46 bits per heavy atom. The molecule has 0 fully saturated rings. The number of rotatable bonds is 6. The van der Waals surface area contributed by atoms with Crippen molar-refractivity contribution in [2.45, 2.75) is 20.8 Å². The van der Waals surface area contributed by atoms with E-state index in [1.807, 2.05) is 32.0 Å². The predicted molar refractivity (Wildman–Crippen MR) is 88.3 cm³/mol. The van der Waals surface area contributed by atoms with E-state index in [0.717, 1.165) is 0 Å². The van der Waals surface area contributed by atoms with Gasteiger partial charge in [0.25, 0.3) is 5.88 Å². The van der Waals surface area contributed by atoms with E-state index in [1.165, 1.54) is 0 Å². The van der Waals surface area contributed by atoms with Crippen molar-refractivity contribution in [3.8, 4) is 5.88 Å². The third-order valence-electron chi connectivity index (χ3n) is 2.85. The van der Waals surface area contributed by atoms with Crippen LogP contribution in [0.1, 0.15) is 20.8 Å². The van der Waals surface area contributed by atoms with Gasteiger partial charge in [0.15, 0.2) is 0 Å². The van der Waals surface area contributed by atoms with Gasteiger partial charge in [-0.05, 0) is 25.0 Å². The molecule has 0 aliphatic heterocycles. The Bertz CT molecular complexity index is 733. The third kappa shape index (κ3) is 4.55. The molecule has 0 saturated carbocycles. The highest BCUT2D eigenvalue weighted by Crippen LogP contribution is 2.23. The van der Waals surface area contributed by atoms with Gasteiger partial charge in [0.05, 0.1) is 24.2 Å². The highest BCUT2D eigenvalue weighted by Gasteiger charge is 2.17. The number of hydrazine groups is 1. The maximum atomic E-state index is 11.6. The van der Waals surface area contributed by atoms with Gasteiger partial charge in [-0.3, -0.25) is 15.6 Å². The molecule has 0 bridgehead atoms. The molecule has 0 spiro atoms. The molecular weight excluding hydrogens is 312 g/mol. The zero-order valence-corrected chi connectivity index (χ0v) is 13.8. The quantitative estimate of drug-likeness (QED) is 0.471. The number of nitrogens with zero attached hydrogens (tertiary/aromatic N) is 2. The molecule has 1 amide bonds. The molecule has 0 aliphatic carbocycles. The number of benzene rings is 1. The largest absolute Gasteiger partial charge is 0.475 e. The van der Waals surface area contributed by atoms with Crippen LogP contribution < -0.4 is 15.6 Å². The SMILES string of the molecule is CCOC(=O)C(=O)NNc1nc2ccccc2nc1OCC(C)C. The highest BCUT2D eigenvalue weighted by atomic mass is 16.5. The molecule has 1 aromatic carbocycles. The van der Waals surface area contributed by atoms with Crippen LogP contribution in [-0.4, -0.2) is 35.1 Å². The van der Waals surface area contributed by atoms with Gasteiger partial charge in [0.2, 0.25) is 5.82 Å². The van der Waals surface area contributed by atoms with Crippen molar-refractivity contribution < 1.29 is 19.1 Å². The summed E-state index contributed by atoms with van der Waals surface area (Å²) < 4.78 is 10.3. The van der Waals surface area contributed by atoms with Gasteiger partial charge in [0.1, 0.15) is 0 Å². The summed E-state index contributed by atoms with van der Waals surface area (Å²) in [6.07, 6.45) is 0. The Labute approximate surface area is 139 Å². The van der Waals surface area contributed by atoms with Crippen molar-refractivity contribution in [2.75, 3.05) is 18.6 Å². The second-order valence-electron chi connectivity index (χ2n) is 5.37. The van der Waals surface area contributed by atoms with Crippen LogP contribution in [0.4, 0.5) is 5.82 Å². The van der Waals surface area contributed by atoms with E-state index in [0.29, 0.717) is 23.6 Å². The minimum Gasteiger partial charge on any atom is -0.475 e. The van der Waals surface area contributed by atoms with Gasteiger partial charge in [-0.1, -0.05) is 26.0 Å². The molecule has 2 N–H and O–H groups in total. The van der Waals surface area contributed by atoms with Crippen LogP contribution in [0.25, 0.3) is 11.0 Å². The summed E-state index contributed by atoms with van der Waals surface area (Å²) in [6, 6.07) is 7.27. The molecule has 24 heavy (non-hydrogen) atoms. The highest BCUT2D eigenvalue weighted by molar-refractivity contribution is 6.32. The van der Waals surface area contributed by atoms with E-state index in [-0.39, 0.29) is 18.3 Å². The average Bonchev–Trinajstić information content (AvgIpc) is 2.57. The molecule has 1 heterocycles. The van der Waals surface area contributed by atoms with E-state index >= 15 is 0 Å². The van der Waals surface area contributed by atoms with Crippen molar-refractivity contribution >= 4 is 28.7 Å². The summed E-state index contributed by atoms with van der Waals surface area (Å²) >= 11 is 0. The third-order valence-corrected chi connectivity index (χ3v) is 2.85. The number of aromatic nitrogens is 2. The lowest BCUT2D eigenvalue weighted by Crippen LogP contribution is -2.37. The number of ether oxygens (including phenoxy) is 2. The molecule has 0 radical (unpaired) electrons. The first kappa shape index (κ1) is 17.5. The van der Waals surface area contributed by atoms with Crippen LogP contribution in [0.5, 0.6) is 5.88 Å². The fourth-order valence-corrected chi connectivity index (χ4v) is 1.78. The average molecular weight is 332 g/mol. The molecule has 2 rings (SSSR count). The second-order valence-corrected chi connectivity index (χ2v) is 5.37. The number of nitrogens with one attached hydrogen (secondary N) is 2. The Morgan fingerprint density at radius 2 is 1.83 bits per heavy atom. The summed E-state index contributed by atoms with van der Waals surface area (Å²) in [6.45, 7) is 6.18. The number of para-hydroxylation sites is 2. The van der Waals surface area contributed by atoms with Crippen molar-refractivity contribution in [1.29, 1.82) is 0 Å². The van der Waals surface area contributed by atoms with Crippen molar-refractivity contribution in [3.63, 3.8) is 0 Å². The van der Waals surface area contributed by atoms with Crippen molar-refractivity contribution in [1.82, 2.24) is 15.4 Å². The lowest BCUT2D eigenvalue weighted by molar-refractivity contribution is -0.154. The molecule has 1 aromatic heterocycles. The summed E-state index contributed by atoms with van der Waals surface area (Å²) in [5.74, 6) is -1.16. The Balaban J connectivity index is 2.20. The summed E-state index contributed by atoms with van der Waals surface area (Å²) in [7, 11) is 0. The smallest absolute Gasteiger partial charge is 0.398 e. The van der Waals surface area contributed by atoms with E-state index in [2.05, 4.69) is 25.6 Å². The van der Waals surface area contributed by atoms with Gasteiger partial charge in [-0.15, -0.1) is 0 Å². The molecule has 8 heteroatoms. The summed E-state index contributed by atoms with van der Waals surface area (Å²) in [5, 5.41) is 0. The number of anilines is 1. The fraction of sp³-hybridized carbons (Fsp3) is 0.375. The van der Waals surface area contributed by atoms with Crippen LogP contribution in [0.15, 0.2) is 24.3 Å². The molecule has 8 nitrogen and oxygen atoms in total. The number of hydrogen-bond donors (Lipinski definition) is 2. The fourth-order valence-electron chi connectivity index (χ4n) is 1.78. The lowest BCUT2D eigenvalue weighted by atomic mass is 10.2. The van der Waals surface area contributed by atoms with Crippen molar-refractivity contribution in [2.24, 2.45) is 5.92 Å². The summed E-state index contributed by atoms with van der Waals surface area (Å²) in [4.78, 5) is 31.7. The topological polar surface area (TPSA) is 102 Å². The molecule has 128 valence electrons. The number of carbonyl (C=O) groups excluding carboxylic acids is 2. The lowest BCUT2D eigenvalue weighted by Gasteiger charge is -2.14. The van der Waals surface area contributed by atoms with E-state index in [9.17, 15) is 9.59 Å².